The van der Waals surface area contributed by atoms with Crippen LogP contribution in [0.2, 0.25) is 0 Å². The number of nitrogens with one attached hydrogen (secondary N) is 3. The summed E-state index contributed by atoms with van der Waals surface area (Å²) in [5, 5.41) is 14.2. The summed E-state index contributed by atoms with van der Waals surface area (Å²) >= 11 is 0. The van der Waals surface area contributed by atoms with Gasteiger partial charge in [-0.1, -0.05) is 12.6 Å². The van der Waals surface area contributed by atoms with Crippen LogP contribution >= 0.6 is 0 Å². The maximum atomic E-state index is 11.7. The zero-order valence-corrected chi connectivity index (χ0v) is 18.2. The van der Waals surface area contributed by atoms with E-state index in [1.54, 1.807) is 10.7 Å². The van der Waals surface area contributed by atoms with E-state index in [0.717, 1.165) is 41.2 Å². The monoisotopic (exact) mass is 430 g/mol. The van der Waals surface area contributed by atoms with E-state index in [4.69, 9.17) is 9.72 Å². The van der Waals surface area contributed by atoms with Crippen molar-refractivity contribution in [2.45, 2.75) is 45.3 Å². The number of benzene rings is 1. The van der Waals surface area contributed by atoms with E-state index in [9.17, 15) is 4.79 Å². The molecule has 2 fully saturated rings. The van der Waals surface area contributed by atoms with Crippen LogP contribution in [0.3, 0.4) is 0 Å². The minimum absolute atomic E-state index is 0.0485. The third kappa shape index (κ3) is 4.30. The molecule has 3 heterocycles. The van der Waals surface area contributed by atoms with Crippen LogP contribution in [0.5, 0.6) is 5.75 Å². The van der Waals surface area contributed by atoms with Crippen molar-refractivity contribution in [3.63, 3.8) is 0 Å². The van der Waals surface area contributed by atoms with Gasteiger partial charge in [0.05, 0.1) is 18.7 Å². The van der Waals surface area contributed by atoms with E-state index < -0.39 is 0 Å². The van der Waals surface area contributed by atoms with Crippen LogP contribution < -0.4 is 20.7 Å². The second kappa shape index (κ2) is 8.03. The molecule has 2 aromatic heterocycles. The van der Waals surface area contributed by atoms with Crippen LogP contribution in [0, 0.1) is 0 Å². The van der Waals surface area contributed by atoms with Gasteiger partial charge in [-0.15, -0.1) is 0 Å². The fraction of sp³-hybridized carbons (Fsp3) is 0.292. The molecule has 0 spiro atoms. The topological polar surface area (TPSA) is 92.6 Å². The minimum atomic E-state index is -0.0485. The maximum Gasteiger partial charge on any atom is 0.228 e. The summed E-state index contributed by atoms with van der Waals surface area (Å²) in [7, 11) is 0. The Hall–Kier alpha value is -3.81. The Morgan fingerprint density at radius 1 is 1.31 bits per heavy atom. The second-order valence-corrected chi connectivity index (χ2v) is 8.47. The van der Waals surface area contributed by atoms with Crippen LogP contribution in [-0.2, 0) is 4.79 Å². The van der Waals surface area contributed by atoms with Crippen LogP contribution in [-0.4, -0.2) is 32.7 Å². The normalized spacial score (nSPS) is 17.3. The highest BCUT2D eigenvalue weighted by atomic mass is 16.5. The van der Waals surface area contributed by atoms with Gasteiger partial charge in [-0.3, -0.25) is 4.79 Å². The van der Waals surface area contributed by atoms with Crippen molar-refractivity contribution < 1.29 is 9.53 Å². The van der Waals surface area contributed by atoms with E-state index in [1.807, 2.05) is 50.3 Å². The molecule has 1 amide bonds. The number of hydrogen-bond donors (Lipinski definition) is 3. The molecule has 0 radical (unpaired) electrons. The number of allylic oxidation sites excluding steroid dienone is 1. The summed E-state index contributed by atoms with van der Waals surface area (Å²) in [6.07, 6.45) is 6.40. The standard InChI is InChI=1S/C24H26N6O2/c1-14(2)32-20-6-4-5-19(11-20)27-21-12-22(28-18-7-8-18)30-24(29-21)17(13-25-30)9-16-10-23(31)26-15(16)3/h4-6,9,11-14,18,28H,3,7-8,10H2,1-2H3,(H,26,31)(H,27,29)/b16-9+. The van der Waals surface area contributed by atoms with Crippen molar-refractivity contribution in [2.75, 3.05) is 10.6 Å². The number of carbonyl (C=O) groups excluding carboxylic acids is 1. The number of aromatic nitrogens is 3. The van der Waals surface area contributed by atoms with Gasteiger partial charge in [-0.25, -0.2) is 4.98 Å². The van der Waals surface area contributed by atoms with Gasteiger partial charge in [-0.2, -0.15) is 9.61 Å². The number of nitrogens with zero attached hydrogens (tertiary/aromatic N) is 3. The first-order valence-corrected chi connectivity index (χ1v) is 10.8. The number of hydrogen-bond acceptors (Lipinski definition) is 6. The van der Waals surface area contributed by atoms with Crippen LogP contribution in [0.25, 0.3) is 11.7 Å². The third-order valence-corrected chi connectivity index (χ3v) is 5.27. The smallest absolute Gasteiger partial charge is 0.228 e. The van der Waals surface area contributed by atoms with Gasteiger partial charge in [-0.05, 0) is 50.5 Å². The zero-order chi connectivity index (χ0) is 22.2. The minimum Gasteiger partial charge on any atom is -0.491 e. The average Bonchev–Trinajstić information content (AvgIpc) is 3.36. The molecule has 1 saturated heterocycles. The van der Waals surface area contributed by atoms with Crippen molar-refractivity contribution in [2.24, 2.45) is 0 Å². The molecule has 32 heavy (non-hydrogen) atoms. The number of carbonyl (C=O) groups is 1. The zero-order valence-electron chi connectivity index (χ0n) is 18.2. The molecule has 8 nitrogen and oxygen atoms in total. The molecular weight excluding hydrogens is 404 g/mol. The van der Waals surface area contributed by atoms with E-state index >= 15 is 0 Å². The largest absolute Gasteiger partial charge is 0.491 e. The Morgan fingerprint density at radius 3 is 2.88 bits per heavy atom. The Bertz CT molecular complexity index is 1240. The Labute approximate surface area is 186 Å². The summed E-state index contributed by atoms with van der Waals surface area (Å²) in [4.78, 5) is 16.5. The van der Waals surface area contributed by atoms with Gasteiger partial charge in [0.2, 0.25) is 5.91 Å². The molecule has 164 valence electrons. The van der Waals surface area contributed by atoms with Gasteiger partial charge >= 0.3 is 0 Å². The lowest BCUT2D eigenvalue weighted by molar-refractivity contribution is -0.118. The SMILES string of the molecule is C=C1NC(=O)C/C1=C\c1cnn2c(NC3CC3)cc(Nc3cccc(OC(C)C)c3)nc12. The third-order valence-electron chi connectivity index (χ3n) is 5.27. The van der Waals surface area contributed by atoms with Crippen LogP contribution in [0.1, 0.15) is 38.7 Å². The molecule has 3 N–H and O–H groups in total. The van der Waals surface area contributed by atoms with E-state index in [-0.39, 0.29) is 12.0 Å². The van der Waals surface area contributed by atoms with Crippen molar-refractivity contribution in [3.8, 4) is 5.75 Å². The highest BCUT2D eigenvalue weighted by Gasteiger charge is 2.24. The number of anilines is 3. The number of rotatable bonds is 7. The molecule has 0 unspecified atom stereocenters. The lowest BCUT2D eigenvalue weighted by Crippen LogP contribution is -2.10. The summed E-state index contributed by atoms with van der Waals surface area (Å²) in [5.74, 6) is 2.32. The molecule has 1 aliphatic carbocycles. The second-order valence-electron chi connectivity index (χ2n) is 8.47. The van der Waals surface area contributed by atoms with E-state index in [2.05, 4.69) is 27.6 Å². The summed E-state index contributed by atoms with van der Waals surface area (Å²) in [6, 6.07) is 10.2. The molecule has 3 aromatic rings. The molecule has 2 aliphatic rings. The molecule has 8 heteroatoms. The Morgan fingerprint density at radius 2 is 2.16 bits per heavy atom. The lowest BCUT2D eigenvalue weighted by Gasteiger charge is -2.13. The fourth-order valence-electron chi connectivity index (χ4n) is 3.65. The predicted molar refractivity (Wildman–Crippen MR) is 125 cm³/mol. The first kappa shape index (κ1) is 20.1. The van der Waals surface area contributed by atoms with E-state index in [0.29, 0.717) is 29.6 Å². The fourth-order valence-corrected chi connectivity index (χ4v) is 3.65. The van der Waals surface area contributed by atoms with Gasteiger partial charge < -0.3 is 20.7 Å². The average molecular weight is 431 g/mol. The number of ether oxygens (including phenoxy) is 1. The van der Waals surface area contributed by atoms with Crippen molar-refractivity contribution in [1.29, 1.82) is 0 Å². The molecule has 1 saturated carbocycles. The molecule has 0 bridgehead atoms. The van der Waals surface area contributed by atoms with Gasteiger partial charge in [0.25, 0.3) is 0 Å². The quantitative estimate of drug-likeness (QED) is 0.519. The Kier molecular flexibility index (Phi) is 5.05. The molecule has 1 aliphatic heterocycles. The Balaban J connectivity index is 1.52. The molecule has 0 atom stereocenters. The molecule has 1 aromatic carbocycles. The van der Waals surface area contributed by atoms with Crippen LogP contribution in [0.15, 0.2) is 54.4 Å². The highest BCUT2D eigenvalue weighted by Crippen LogP contribution is 2.30. The van der Waals surface area contributed by atoms with Crippen molar-refractivity contribution in [3.05, 3.63) is 59.9 Å². The van der Waals surface area contributed by atoms with E-state index in [1.165, 1.54) is 0 Å². The highest BCUT2D eigenvalue weighted by molar-refractivity contribution is 5.89. The first-order chi connectivity index (χ1) is 15.4. The molecular formula is C24H26N6O2. The lowest BCUT2D eigenvalue weighted by atomic mass is 10.1. The maximum absolute atomic E-state index is 11.7. The van der Waals surface area contributed by atoms with Crippen molar-refractivity contribution >= 4 is 35.0 Å². The molecule has 5 rings (SSSR count). The summed E-state index contributed by atoms with van der Waals surface area (Å²) in [6.45, 7) is 7.94. The summed E-state index contributed by atoms with van der Waals surface area (Å²) < 4.78 is 7.62. The van der Waals surface area contributed by atoms with Crippen LogP contribution in [0.4, 0.5) is 17.3 Å². The van der Waals surface area contributed by atoms with Gasteiger partial charge in [0.1, 0.15) is 17.4 Å². The number of amides is 1. The predicted octanol–water partition coefficient (Wildman–Crippen LogP) is 4.25. The van der Waals surface area contributed by atoms with Gasteiger partial charge in [0, 0.05) is 35.1 Å². The van der Waals surface area contributed by atoms with Crippen molar-refractivity contribution in [1.82, 2.24) is 19.9 Å². The number of fused-ring (bicyclic) bond motifs is 1. The summed E-state index contributed by atoms with van der Waals surface area (Å²) in [5.41, 5.74) is 3.89. The van der Waals surface area contributed by atoms with Gasteiger partial charge in [0.15, 0.2) is 5.65 Å². The first-order valence-electron chi connectivity index (χ1n) is 10.8.